The topological polar surface area (TPSA) is 3.24 Å². The van der Waals surface area contributed by atoms with Gasteiger partial charge in [0.15, 0.2) is 0 Å². The molecule has 1 aliphatic rings. The first-order valence-corrected chi connectivity index (χ1v) is 6.18. The molecule has 1 nitrogen and oxygen atoms in total. The molecule has 0 amide bonds. The summed E-state index contributed by atoms with van der Waals surface area (Å²) in [4.78, 5) is 2.45. The minimum absolute atomic E-state index is 0.0821. The number of hydrogen-bond acceptors (Lipinski definition) is 1. The molecule has 0 saturated carbocycles. The fourth-order valence-corrected chi connectivity index (χ4v) is 2.39. The standard InChI is InChI=1S/C14H20FN/c1-11-6-7-13(10-14(11)15)12(2)16-8-4-3-5-9-16/h6-7,10,12H,3-5,8-9H2,1-2H3. The fraction of sp³-hybridized carbons (Fsp3) is 0.571. The molecule has 88 valence electrons. The minimum Gasteiger partial charge on any atom is -0.297 e. The molecule has 0 spiro atoms. The Labute approximate surface area is 97.3 Å². The second-order valence-electron chi connectivity index (χ2n) is 4.78. The van der Waals surface area contributed by atoms with E-state index >= 15 is 0 Å². The Morgan fingerprint density at radius 3 is 2.50 bits per heavy atom. The van der Waals surface area contributed by atoms with E-state index < -0.39 is 0 Å². The number of benzene rings is 1. The molecule has 0 aromatic heterocycles. The Kier molecular flexibility index (Phi) is 3.59. The molecule has 1 aromatic carbocycles. The van der Waals surface area contributed by atoms with Crippen molar-refractivity contribution >= 4 is 0 Å². The predicted octanol–water partition coefficient (Wildman–Crippen LogP) is 3.68. The van der Waals surface area contributed by atoms with E-state index in [-0.39, 0.29) is 5.82 Å². The van der Waals surface area contributed by atoms with Crippen LogP contribution in [0.2, 0.25) is 0 Å². The molecule has 0 bridgehead atoms. The van der Waals surface area contributed by atoms with Crippen molar-refractivity contribution < 1.29 is 4.39 Å². The molecular weight excluding hydrogens is 201 g/mol. The Hall–Kier alpha value is -0.890. The van der Waals surface area contributed by atoms with Crippen LogP contribution in [0.3, 0.4) is 0 Å². The highest BCUT2D eigenvalue weighted by Crippen LogP contribution is 2.25. The number of halogens is 1. The van der Waals surface area contributed by atoms with Gasteiger partial charge < -0.3 is 0 Å². The van der Waals surface area contributed by atoms with E-state index in [0.717, 1.165) is 24.2 Å². The SMILES string of the molecule is Cc1ccc(C(C)N2CCCCC2)cc1F. The highest BCUT2D eigenvalue weighted by atomic mass is 19.1. The zero-order valence-electron chi connectivity index (χ0n) is 10.2. The molecule has 1 heterocycles. The van der Waals surface area contributed by atoms with Crippen molar-refractivity contribution in [2.45, 2.75) is 39.2 Å². The average Bonchev–Trinajstić information content (AvgIpc) is 2.33. The Morgan fingerprint density at radius 2 is 1.88 bits per heavy atom. The summed E-state index contributed by atoms with van der Waals surface area (Å²) < 4.78 is 13.5. The molecule has 1 atom stereocenters. The molecule has 16 heavy (non-hydrogen) atoms. The third-order valence-electron chi connectivity index (χ3n) is 3.62. The molecule has 1 saturated heterocycles. The molecular formula is C14H20FN. The van der Waals surface area contributed by atoms with Crippen LogP contribution in [-0.2, 0) is 0 Å². The second kappa shape index (κ2) is 4.96. The van der Waals surface area contributed by atoms with Gasteiger partial charge in [0.25, 0.3) is 0 Å². The number of piperidine rings is 1. The summed E-state index contributed by atoms with van der Waals surface area (Å²) in [5.41, 5.74) is 1.83. The van der Waals surface area contributed by atoms with Gasteiger partial charge in [-0.2, -0.15) is 0 Å². The van der Waals surface area contributed by atoms with Crippen molar-refractivity contribution in [2.24, 2.45) is 0 Å². The summed E-state index contributed by atoms with van der Waals surface area (Å²) in [6, 6.07) is 5.97. The average molecular weight is 221 g/mol. The van der Waals surface area contributed by atoms with Crippen molar-refractivity contribution in [3.8, 4) is 0 Å². The summed E-state index contributed by atoms with van der Waals surface area (Å²) in [5.74, 6) is -0.0821. The summed E-state index contributed by atoms with van der Waals surface area (Å²) in [5, 5.41) is 0. The van der Waals surface area contributed by atoms with Gasteiger partial charge in [-0.15, -0.1) is 0 Å². The van der Waals surface area contributed by atoms with Gasteiger partial charge in [-0.05, 0) is 57.0 Å². The van der Waals surface area contributed by atoms with Crippen LogP contribution in [0.25, 0.3) is 0 Å². The lowest BCUT2D eigenvalue weighted by Gasteiger charge is -2.32. The van der Waals surface area contributed by atoms with E-state index in [1.54, 1.807) is 6.07 Å². The third kappa shape index (κ3) is 2.43. The molecule has 1 aromatic rings. The maximum atomic E-state index is 13.5. The number of likely N-dealkylation sites (tertiary alicyclic amines) is 1. The zero-order valence-corrected chi connectivity index (χ0v) is 10.2. The largest absolute Gasteiger partial charge is 0.297 e. The minimum atomic E-state index is -0.0821. The van der Waals surface area contributed by atoms with Crippen molar-refractivity contribution in [2.75, 3.05) is 13.1 Å². The van der Waals surface area contributed by atoms with E-state index in [0.29, 0.717) is 6.04 Å². The van der Waals surface area contributed by atoms with E-state index in [1.165, 1.54) is 19.3 Å². The maximum Gasteiger partial charge on any atom is 0.126 e. The first-order valence-electron chi connectivity index (χ1n) is 6.18. The molecule has 0 radical (unpaired) electrons. The maximum absolute atomic E-state index is 13.5. The second-order valence-corrected chi connectivity index (χ2v) is 4.78. The lowest BCUT2D eigenvalue weighted by atomic mass is 10.0. The first kappa shape index (κ1) is 11.6. The van der Waals surface area contributed by atoms with Gasteiger partial charge in [0.2, 0.25) is 0 Å². The Morgan fingerprint density at radius 1 is 1.19 bits per heavy atom. The van der Waals surface area contributed by atoms with Crippen LogP contribution in [0.1, 0.15) is 43.4 Å². The third-order valence-corrected chi connectivity index (χ3v) is 3.62. The van der Waals surface area contributed by atoms with Crippen molar-refractivity contribution in [1.29, 1.82) is 0 Å². The van der Waals surface area contributed by atoms with Gasteiger partial charge in [0, 0.05) is 6.04 Å². The lowest BCUT2D eigenvalue weighted by Crippen LogP contribution is -2.32. The first-order chi connectivity index (χ1) is 7.68. The summed E-state index contributed by atoms with van der Waals surface area (Å²) in [6.07, 6.45) is 3.89. The number of hydrogen-bond donors (Lipinski definition) is 0. The number of aryl methyl sites for hydroxylation is 1. The van der Waals surface area contributed by atoms with E-state index in [1.807, 2.05) is 13.0 Å². The molecule has 0 N–H and O–H groups in total. The van der Waals surface area contributed by atoms with Gasteiger partial charge in [0.1, 0.15) is 5.82 Å². The molecule has 2 heteroatoms. The molecule has 1 aliphatic heterocycles. The summed E-state index contributed by atoms with van der Waals surface area (Å²) in [6.45, 7) is 6.29. The normalized spacial score (nSPS) is 19.7. The predicted molar refractivity (Wildman–Crippen MR) is 65.0 cm³/mol. The van der Waals surface area contributed by atoms with Crippen LogP contribution in [0, 0.1) is 12.7 Å². The zero-order chi connectivity index (χ0) is 11.5. The van der Waals surface area contributed by atoms with Gasteiger partial charge >= 0.3 is 0 Å². The Balaban J connectivity index is 2.12. The van der Waals surface area contributed by atoms with Crippen molar-refractivity contribution in [3.63, 3.8) is 0 Å². The van der Waals surface area contributed by atoms with Crippen LogP contribution >= 0.6 is 0 Å². The fourth-order valence-electron chi connectivity index (χ4n) is 2.39. The molecule has 2 rings (SSSR count). The van der Waals surface area contributed by atoms with E-state index in [9.17, 15) is 4.39 Å². The van der Waals surface area contributed by atoms with Gasteiger partial charge in [0.05, 0.1) is 0 Å². The highest BCUT2D eigenvalue weighted by Gasteiger charge is 2.18. The van der Waals surface area contributed by atoms with Gasteiger partial charge in [-0.3, -0.25) is 4.90 Å². The molecule has 0 aliphatic carbocycles. The van der Waals surface area contributed by atoms with Gasteiger partial charge in [-0.25, -0.2) is 4.39 Å². The van der Waals surface area contributed by atoms with Crippen LogP contribution in [0.5, 0.6) is 0 Å². The van der Waals surface area contributed by atoms with Crippen LogP contribution in [-0.4, -0.2) is 18.0 Å². The van der Waals surface area contributed by atoms with Crippen LogP contribution in [0.4, 0.5) is 4.39 Å². The van der Waals surface area contributed by atoms with E-state index in [2.05, 4.69) is 17.9 Å². The van der Waals surface area contributed by atoms with Crippen LogP contribution in [0.15, 0.2) is 18.2 Å². The molecule has 1 unspecified atom stereocenters. The lowest BCUT2D eigenvalue weighted by molar-refractivity contribution is 0.174. The summed E-state index contributed by atoms with van der Waals surface area (Å²) >= 11 is 0. The quantitative estimate of drug-likeness (QED) is 0.736. The highest BCUT2D eigenvalue weighted by molar-refractivity contribution is 5.25. The molecule has 1 fully saturated rings. The van der Waals surface area contributed by atoms with E-state index in [4.69, 9.17) is 0 Å². The number of nitrogens with zero attached hydrogens (tertiary/aromatic N) is 1. The van der Waals surface area contributed by atoms with Crippen molar-refractivity contribution in [1.82, 2.24) is 4.90 Å². The number of rotatable bonds is 2. The summed E-state index contributed by atoms with van der Waals surface area (Å²) in [7, 11) is 0. The van der Waals surface area contributed by atoms with Crippen LogP contribution < -0.4 is 0 Å². The monoisotopic (exact) mass is 221 g/mol. The smallest absolute Gasteiger partial charge is 0.126 e. The Bertz CT molecular complexity index is 356. The van der Waals surface area contributed by atoms with Gasteiger partial charge in [-0.1, -0.05) is 18.6 Å². The van der Waals surface area contributed by atoms with Crippen molar-refractivity contribution in [3.05, 3.63) is 35.1 Å².